The molecular weight excluding hydrogens is 196 g/mol. The predicted octanol–water partition coefficient (Wildman–Crippen LogP) is 2.15. The Labute approximate surface area is 99.6 Å². The molecule has 0 radical (unpaired) electrons. The van der Waals surface area contributed by atoms with Gasteiger partial charge >= 0.3 is 0 Å². The standard InChI is InChI=1S/C14H26N2/c1-2-14(5-7-15-6-1)16-10-13-9-11-3-4-12(13)8-11/h11-16H,1-10H2. The van der Waals surface area contributed by atoms with E-state index in [9.17, 15) is 0 Å². The first kappa shape index (κ1) is 11.0. The maximum Gasteiger partial charge on any atom is 0.00797 e. The molecule has 0 aromatic rings. The Morgan fingerprint density at radius 2 is 2.00 bits per heavy atom. The van der Waals surface area contributed by atoms with Gasteiger partial charge in [0.05, 0.1) is 0 Å². The van der Waals surface area contributed by atoms with Crippen LogP contribution in [-0.4, -0.2) is 25.7 Å². The maximum atomic E-state index is 3.85. The van der Waals surface area contributed by atoms with E-state index in [0.717, 1.165) is 23.8 Å². The highest BCUT2D eigenvalue weighted by Gasteiger charge is 2.39. The van der Waals surface area contributed by atoms with Crippen molar-refractivity contribution in [2.75, 3.05) is 19.6 Å². The van der Waals surface area contributed by atoms with E-state index in [1.54, 1.807) is 6.42 Å². The van der Waals surface area contributed by atoms with Gasteiger partial charge in [-0.15, -0.1) is 0 Å². The molecule has 2 heteroatoms. The largest absolute Gasteiger partial charge is 0.317 e. The third-order valence-electron chi connectivity index (χ3n) is 5.13. The quantitative estimate of drug-likeness (QED) is 0.764. The van der Waals surface area contributed by atoms with Crippen LogP contribution in [0.4, 0.5) is 0 Å². The summed E-state index contributed by atoms with van der Waals surface area (Å²) in [5, 5.41) is 7.34. The lowest BCUT2D eigenvalue weighted by atomic mass is 9.88. The van der Waals surface area contributed by atoms with Gasteiger partial charge in [0, 0.05) is 6.04 Å². The van der Waals surface area contributed by atoms with E-state index < -0.39 is 0 Å². The molecule has 3 aliphatic rings. The molecule has 1 heterocycles. The zero-order valence-corrected chi connectivity index (χ0v) is 10.4. The van der Waals surface area contributed by atoms with Gasteiger partial charge in [0.1, 0.15) is 0 Å². The third kappa shape index (κ3) is 2.43. The molecule has 92 valence electrons. The zero-order chi connectivity index (χ0) is 10.8. The first-order valence-corrected chi connectivity index (χ1v) is 7.36. The minimum Gasteiger partial charge on any atom is -0.317 e. The smallest absolute Gasteiger partial charge is 0.00797 e. The molecule has 0 amide bonds. The lowest BCUT2D eigenvalue weighted by Crippen LogP contribution is -2.35. The number of hydrogen-bond acceptors (Lipinski definition) is 2. The molecule has 4 unspecified atom stereocenters. The second-order valence-electron chi connectivity index (χ2n) is 6.22. The average Bonchev–Trinajstić information content (AvgIpc) is 2.82. The summed E-state index contributed by atoms with van der Waals surface area (Å²) in [5.41, 5.74) is 0. The molecule has 4 atom stereocenters. The summed E-state index contributed by atoms with van der Waals surface area (Å²) < 4.78 is 0. The van der Waals surface area contributed by atoms with Crippen molar-refractivity contribution in [3.63, 3.8) is 0 Å². The van der Waals surface area contributed by atoms with Crippen molar-refractivity contribution in [1.29, 1.82) is 0 Å². The summed E-state index contributed by atoms with van der Waals surface area (Å²) >= 11 is 0. The molecule has 2 N–H and O–H groups in total. The maximum absolute atomic E-state index is 3.85. The summed E-state index contributed by atoms with van der Waals surface area (Å²) in [5.74, 6) is 3.21. The Balaban J connectivity index is 1.42. The monoisotopic (exact) mass is 222 g/mol. The number of rotatable bonds is 3. The van der Waals surface area contributed by atoms with Crippen LogP contribution in [-0.2, 0) is 0 Å². The van der Waals surface area contributed by atoms with Gasteiger partial charge in [-0.3, -0.25) is 0 Å². The zero-order valence-electron chi connectivity index (χ0n) is 10.4. The fraction of sp³-hybridized carbons (Fsp3) is 1.00. The molecule has 2 nitrogen and oxygen atoms in total. The van der Waals surface area contributed by atoms with Gasteiger partial charge in [-0.1, -0.05) is 6.42 Å². The SMILES string of the molecule is C1CNCCC(NCC2CC3CCC2C3)C1. The van der Waals surface area contributed by atoms with Crippen molar-refractivity contribution in [3.05, 3.63) is 0 Å². The number of nitrogens with one attached hydrogen (secondary N) is 2. The Hall–Kier alpha value is -0.0800. The van der Waals surface area contributed by atoms with Gasteiger partial charge < -0.3 is 10.6 Å². The Morgan fingerprint density at radius 3 is 2.81 bits per heavy atom. The molecular formula is C14H26N2. The highest BCUT2D eigenvalue weighted by atomic mass is 14.9. The van der Waals surface area contributed by atoms with Crippen molar-refractivity contribution >= 4 is 0 Å². The van der Waals surface area contributed by atoms with Crippen molar-refractivity contribution in [2.24, 2.45) is 17.8 Å². The number of fused-ring (bicyclic) bond motifs is 2. The van der Waals surface area contributed by atoms with E-state index in [4.69, 9.17) is 0 Å². The van der Waals surface area contributed by atoms with Crippen LogP contribution in [0.1, 0.15) is 44.9 Å². The third-order valence-corrected chi connectivity index (χ3v) is 5.13. The minimum atomic E-state index is 0.800. The van der Waals surface area contributed by atoms with Gasteiger partial charge in [0.15, 0.2) is 0 Å². The second kappa shape index (κ2) is 5.05. The van der Waals surface area contributed by atoms with Crippen molar-refractivity contribution < 1.29 is 0 Å². The Bertz CT molecular complexity index is 221. The molecule has 2 bridgehead atoms. The van der Waals surface area contributed by atoms with Crippen LogP contribution < -0.4 is 10.6 Å². The van der Waals surface area contributed by atoms with Crippen molar-refractivity contribution in [3.8, 4) is 0 Å². The fourth-order valence-electron chi connectivity index (χ4n) is 4.17. The Morgan fingerprint density at radius 1 is 1.00 bits per heavy atom. The van der Waals surface area contributed by atoms with Crippen LogP contribution in [0, 0.1) is 17.8 Å². The van der Waals surface area contributed by atoms with Gasteiger partial charge in [-0.2, -0.15) is 0 Å². The van der Waals surface area contributed by atoms with Crippen molar-refractivity contribution in [1.82, 2.24) is 10.6 Å². The molecule has 1 aliphatic heterocycles. The molecule has 3 fully saturated rings. The lowest BCUT2D eigenvalue weighted by molar-refractivity contribution is 0.300. The van der Waals surface area contributed by atoms with E-state index in [1.165, 1.54) is 58.2 Å². The van der Waals surface area contributed by atoms with Crippen LogP contribution in [0.3, 0.4) is 0 Å². The van der Waals surface area contributed by atoms with Gasteiger partial charge in [-0.05, 0) is 75.9 Å². The van der Waals surface area contributed by atoms with E-state index in [-0.39, 0.29) is 0 Å². The molecule has 0 aromatic carbocycles. The summed E-state index contributed by atoms with van der Waals surface area (Å²) in [6.45, 7) is 3.76. The van der Waals surface area contributed by atoms with E-state index >= 15 is 0 Å². The van der Waals surface area contributed by atoms with Gasteiger partial charge in [-0.25, -0.2) is 0 Å². The molecule has 16 heavy (non-hydrogen) atoms. The van der Waals surface area contributed by atoms with Crippen LogP contribution in [0.2, 0.25) is 0 Å². The Kier molecular flexibility index (Phi) is 3.49. The van der Waals surface area contributed by atoms with Crippen LogP contribution >= 0.6 is 0 Å². The van der Waals surface area contributed by atoms with Crippen LogP contribution in [0.5, 0.6) is 0 Å². The highest BCUT2D eigenvalue weighted by Crippen LogP contribution is 2.47. The first-order valence-electron chi connectivity index (χ1n) is 7.36. The van der Waals surface area contributed by atoms with E-state index in [2.05, 4.69) is 10.6 Å². The molecule has 1 saturated heterocycles. The summed E-state index contributed by atoms with van der Waals surface area (Å²) in [7, 11) is 0. The van der Waals surface area contributed by atoms with Gasteiger partial charge in [0.25, 0.3) is 0 Å². The van der Waals surface area contributed by atoms with Crippen LogP contribution in [0.25, 0.3) is 0 Å². The lowest BCUT2D eigenvalue weighted by Gasteiger charge is -2.25. The molecule has 2 saturated carbocycles. The topological polar surface area (TPSA) is 24.1 Å². The number of hydrogen-bond donors (Lipinski definition) is 2. The fourth-order valence-corrected chi connectivity index (χ4v) is 4.17. The van der Waals surface area contributed by atoms with E-state index in [1.807, 2.05) is 0 Å². The predicted molar refractivity (Wildman–Crippen MR) is 67.4 cm³/mol. The summed E-state index contributed by atoms with van der Waals surface area (Å²) in [6, 6.07) is 0.800. The highest BCUT2D eigenvalue weighted by molar-refractivity contribution is 4.91. The first-order chi connectivity index (χ1) is 7.92. The van der Waals surface area contributed by atoms with Gasteiger partial charge in [0.2, 0.25) is 0 Å². The average molecular weight is 222 g/mol. The normalized spacial score (nSPS) is 43.5. The minimum absolute atomic E-state index is 0.800. The molecule has 2 aliphatic carbocycles. The molecule has 0 spiro atoms. The second-order valence-corrected chi connectivity index (χ2v) is 6.22. The molecule has 3 rings (SSSR count). The summed E-state index contributed by atoms with van der Waals surface area (Å²) in [6.07, 6.45) is 10.2. The van der Waals surface area contributed by atoms with E-state index in [0.29, 0.717) is 0 Å². The van der Waals surface area contributed by atoms with Crippen molar-refractivity contribution in [2.45, 2.75) is 51.0 Å². The summed E-state index contributed by atoms with van der Waals surface area (Å²) in [4.78, 5) is 0. The molecule has 0 aromatic heterocycles. The van der Waals surface area contributed by atoms with Crippen LogP contribution in [0.15, 0.2) is 0 Å².